The number of pyridine rings is 1. The van der Waals surface area contributed by atoms with E-state index in [2.05, 4.69) is 15.0 Å². The average Bonchev–Trinajstić information content (AvgIpc) is 3.16. The van der Waals surface area contributed by atoms with E-state index in [1.54, 1.807) is 12.1 Å². The molecule has 0 spiro atoms. The molecule has 0 saturated carbocycles. The summed E-state index contributed by atoms with van der Waals surface area (Å²) in [7, 11) is 1.29. The molecule has 2 heterocycles. The number of carbonyl (C=O) groups is 1. The number of methoxy groups -OCH3 is 1. The second kappa shape index (κ2) is 9.23. The quantitative estimate of drug-likeness (QED) is 0.352. The lowest BCUT2D eigenvalue weighted by Crippen LogP contribution is -2.07. The van der Waals surface area contributed by atoms with Crippen LogP contribution in [0.2, 0.25) is 5.02 Å². The lowest BCUT2D eigenvalue weighted by atomic mass is 10.2. The molecule has 0 fully saturated rings. The number of carbonyl (C=O) groups excluding carboxylic acids is 1. The van der Waals surface area contributed by atoms with E-state index >= 15 is 0 Å². The second-order valence-electron chi connectivity index (χ2n) is 6.91. The van der Waals surface area contributed by atoms with Crippen molar-refractivity contribution in [1.82, 2.24) is 9.55 Å². The smallest absolute Gasteiger partial charge is 0.387 e. The van der Waals surface area contributed by atoms with Crippen LogP contribution in [0.25, 0.3) is 10.9 Å². The number of ether oxygens (including phenoxy) is 2. The molecule has 0 atom stereocenters. The average molecular weight is 458 g/mol. The number of alkyl halides is 2. The maximum atomic E-state index is 12.5. The van der Waals surface area contributed by atoms with Gasteiger partial charge in [-0.2, -0.15) is 8.78 Å². The van der Waals surface area contributed by atoms with E-state index < -0.39 is 12.6 Å². The van der Waals surface area contributed by atoms with Crippen LogP contribution in [0.1, 0.15) is 15.9 Å². The molecule has 2 aromatic carbocycles. The normalized spacial score (nSPS) is 11.0. The summed E-state index contributed by atoms with van der Waals surface area (Å²) in [5, 5.41) is 4.40. The van der Waals surface area contributed by atoms with E-state index in [1.807, 2.05) is 41.1 Å². The van der Waals surface area contributed by atoms with Crippen molar-refractivity contribution >= 4 is 40.0 Å². The SMILES string of the molecule is COC(=O)c1cc(Cl)cnc1Nc1ccc2c(ccn2Cc2cccc(OC(F)F)c2)c1. The molecule has 1 N–H and O–H groups in total. The first-order valence-electron chi connectivity index (χ1n) is 9.56. The number of nitrogens with zero attached hydrogens (tertiary/aromatic N) is 2. The first-order chi connectivity index (χ1) is 15.4. The van der Waals surface area contributed by atoms with Gasteiger partial charge in [-0.15, -0.1) is 0 Å². The highest BCUT2D eigenvalue weighted by molar-refractivity contribution is 6.30. The Labute approximate surface area is 187 Å². The van der Waals surface area contributed by atoms with Crippen LogP contribution in [0.15, 0.2) is 67.0 Å². The van der Waals surface area contributed by atoms with Gasteiger partial charge < -0.3 is 19.4 Å². The van der Waals surface area contributed by atoms with Gasteiger partial charge in [-0.1, -0.05) is 23.7 Å². The molecule has 0 amide bonds. The minimum absolute atomic E-state index is 0.123. The largest absolute Gasteiger partial charge is 0.465 e. The third kappa shape index (κ3) is 4.81. The van der Waals surface area contributed by atoms with Crippen molar-refractivity contribution in [2.24, 2.45) is 0 Å². The number of anilines is 2. The molecular weight excluding hydrogens is 440 g/mol. The van der Waals surface area contributed by atoms with Gasteiger partial charge in [0.05, 0.1) is 12.1 Å². The summed E-state index contributed by atoms with van der Waals surface area (Å²) in [5.74, 6) is -0.0963. The number of rotatable bonds is 7. The topological polar surface area (TPSA) is 65.4 Å². The lowest BCUT2D eigenvalue weighted by Gasteiger charge is -2.11. The van der Waals surface area contributed by atoms with Gasteiger partial charge in [0.25, 0.3) is 0 Å². The first-order valence-corrected chi connectivity index (χ1v) is 9.94. The van der Waals surface area contributed by atoms with Crippen molar-refractivity contribution < 1.29 is 23.0 Å². The highest BCUT2D eigenvalue weighted by atomic mass is 35.5. The van der Waals surface area contributed by atoms with Gasteiger partial charge in [-0.05, 0) is 48.0 Å². The molecule has 2 aromatic heterocycles. The van der Waals surface area contributed by atoms with E-state index in [9.17, 15) is 13.6 Å². The van der Waals surface area contributed by atoms with Gasteiger partial charge in [0.15, 0.2) is 0 Å². The molecule has 0 saturated heterocycles. The number of nitrogens with one attached hydrogen (secondary N) is 1. The van der Waals surface area contributed by atoms with Crippen LogP contribution in [0, 0.1) is 0 Å². The van der Waals surface area contributed by atoms with Crippen molar-refractivity contribution in [2.75, 3.05) is 12.4 Å². The highest BCUT2D eigenvalue weighted by Crippen LogP contribution is 2.27. The third-order valence-electron chi connectivity index (χ3n) is 4.77. The zero-order chi connectivity index (χ0) is 22.7. The van der Waals surface area contributed by atoms with Crippen molar-refractivity contribution in [3.63, 3.8) is 0 Å². The zero-order valence-corrected chi connectivity index (χ0v) is 17.6. The van der Waals surface area contributed by atoms with Crippen LogP contribution in [-0.2, 0) is 11.3 Å². The molecule has 9 heteroatoms. The summed E-state index contributed by atoms with van der Waals surface area (Å²) in [6.07, 6.45) is 3.35. The molecule has 0 aliphatic heterocycles. The van der Waals surface area contributed by atoms with Crippen LogP contribution in [-0.4, -0.2) is 29.2 Å². The van der Waals surface area contributed by atoms with Gasteiger partial charge in [-0.25, -0.2) is 9.78 Å². The number of aromatic nitrogens is 2. The van der Waals surface area contributed by atoms with Crippen LogP contribution < -0.4 is 10.1 Å². The van der Waals surface area contributed by atoms with E-state index in [1.165, 1.54) is 25.4 Å². The molecule has 32 heavy (non-hydrogen) atoms. The summed E-state index contributed by atoms with van der Waals surface area (Å²) in [5.41, 5.74) is 2.73. The Balaban J connectivity index is 1.57. The molecule has 4 rings (SSSR count). The Morgan fingerprint density at radius 1 is 1.19 bits per heavy atom. The summed E-state index contributed by atoms with van der Waals surface area (Å²) in [6, 6.07) is 15.7. The van der Waals surface area contributed by atoms with E-state index in [-0.39, 0.29) is 11.3 Å². The van der Waals surface area contributed by atoms with Crippen LogP contribution in [0.4, 0.5) is 20.3 Å². The Kier molecular flexibility index (Phi) is 6.23. The molecule has 0 unspecified atom stereocenters. The summed E-state index contributed by atoms with van der Waals surface area (Å²) in [6.45, 7) is -2.37. The standard InChI is InChI=1S/C23H18ClF2N3O3/c1-31-22(30)19-11-16(24)12-27-21(19)28-17-5-6-20-15(10-17)7-8-29(20)13-14-3-2-4-18(9-14)32-23(25)26/h2-12,23H,13H2,1H3,(H,27,28). The maximum absolute atomic E-state index is 12.5. The maximum Gasteiger partial charge on any atom is 0.387 e. The lowest BCUT2D eigenvalue weighted by molar-refractivity contribution is -0.0498. The Hall–Kier alpha value is -3.65. The molecule has 0 aliphatic carbocycles. The van der Waals surface area contributed by atoms with Crippen molar-refractivity contribution in [2.45, 2.75) is 13.2 Å². The van der Waals surface area contributed by atoms with Gasteiger partial charge >= 0.3 is 12.6 Å². The van der Waals surface area contributed by atoms with Crippen LogP contribution >= 0.6 is 11.6 Å². The number of fused-ring (bicyclic) bond motifs is 1. The predicted molar refractivity (Wildman–Crippen MR) is 118 cm³/mol. The molecular formula is C23H18ClF2N3O3. The Bertz CT molecular complexity index is 1280. The minimum Gasteiger partial charge on any atom is -0.465 e. The Morgan fingerprint density at radius 3 is 2.81 bits per heavy atom. The fourth-order valence-corrected chi connectivity index (χ4v) is 3.53. The molecule has 164 valence electrons. The third-order valence-corrected chi connectivity index (χ3v) is 4.98. The number of hydrogen-bond acceptors (Lipinski definition) is 5. The van der Waals surface area contributed by atoms with Gasteiger partial charge in [-0.3, -0.25) is 0 Å². The van der Waals surface area contributed by atoms with Gasteiger partial charge in [0, 0.05) is 35.5 Å². The number of halogens is 3. The summed E-state index contributed by atoms with van der Waals surface area (Å²) in [4.78, 5) is 16.2. The summed E-state index contributed by atoms with van der Waals surface area (Å²) < 4.78 is 36.2. The molecule has 0 bridgehead atoms. The fraction of sp³-hybridized carbons (Fsp3) is 0.130. The zero-order valence-electron chi connectivity index (χ0n) is 16.9. The second-order valence-corrected chi connectivity index (χ2v) is 7.35. The van der Waals surface area contributed by atoms with Crippen molar-refractivity contribution in [3.8, 4) is 5.75 Å². The van der Waals surface area contributed by atoms with Crippen molar-refractivity contribution in [3.05, 3.63) is 83.1 Å². The predicted octanol–water partition coefficient (Wildman–Crippen LogP) is 5.87. The van der Waals surface area contributed by atoms with E-state index in [0.29, 0.717) is 17.4 Å². The monoisotopic (exact) mass is 457 g/mol. The molecule has 0 aliphatic rings. The highest BCUT2D eigenvalue weighted by Gasteiger charge is 2.15. The molecule has 6 nitrogen and oxygen atoms in total. The van der Waals surface area contributed by atoms with E-state index in [0.717, 1.165) is 22.2 Å². The van der Waals surface area contributed by atoms with Gasteiger partial charge in [0.1, 0.15) is 17.1 Å². The van der Waals surface area contributed by atoms with Crippen LogP contribution in [0.5, 0.6) is 5.75 Å². The number of benzene rings is 2. The molecule has 0 radical (unpaired) electrons. The van der Waals surface area contributed by atoms with E-state index in [4.69, 9.17) is 16.3 Å². The fourth-order valence-electron chi connectivity index (χ4n) is 3.37. The minimum atomic E-state index is -2.86. The summed E-state index contributed by atoms with van der Waals surface area (Å²) >= 11 is 5.96. The molecule has 4 aromatic rings. The number of esters is 1. The number of hydrogen-bond donors (Lipinski definition) is 1. The first kappa shape index (κ1) is 21.6. The Morgan fingerprint density at radius 2 is 2.03 bits per heavy atom. The van der Waals surface area contributed by atoms with Crippen molar-refractivity contribution in [1.29, 1.82) is 0 Å². The van der Waals surface area contributed by atoms with Gasteiger partial charge in [0.2, 0.25) is 0 Å². The van der Waals surface area contributed by atoms with Crippen LogP contribution in [0.3, 0.4) is 0 Å².